The van der Waals surface area contributed by atoms with Gasteiger partial charge in [-0.1, -0.05) is 0 Å². The molecule has 1 atom stereocenters. The van der Waals surface area contributed by atoms with Crippen molar-refractivity contribution < 1.29 is 14.3 Å². The molecule has 0 radical (unpaired) electrons. The molecule has 118 valence electrons. The van der Waals surface area contributed by atoms with Gasteiger partial charge in [0.1, 0.15) is 0 Å². The van der Waals surface area contributed by atoms with Crippen LogP contribution < -0.4 is 15.2 Å². The number of piperidine rings is 1. The number of halogens is 1. The molecule has 1 aliphatic rings. The maximum absolute atomic E-state index is 12.6. The SMILES string of the molecule is COc1ccc(C(=O)N2CCCCC2CN)cc1OC.Cl. The second-order valence-corrected chi connectivity index (χ2v) is 4.95. The third-order valence-corrected chi connectivity index (χ3v) is 3.79. The number of amides is 1. The van der Waals surface area contributed by atoms with Gasteiger partial charge >= 0.3 is 0 Å². The van der Waals surface area contributed by atoms with E-state index in [0.29, 0.717) is 23.6 Å². The number of nitrogens with two attached hydrogens (primary N) is 1. The minimum absolute atomic E-state index is 0. The predicted octanol–water partition coefficient (Wildman–Crippen LogP) is 2.08. The maximum atomic E-state index is 12.6. The lowest BCUT2D eigenvalue weighted by atomic mass is 10.0. The van der Waals surface area contributed by atoms with Crippen LogP contribution in [0.3, 0.4) is 0 Å². The van der Waals surface area contributed by atoms with Crippen LogP contribution in [0.4, 0.5) is 0 Å². The predicted molar refractivity (Wildman–Crippen MR) is 84.5 cm³/mol. The third-order valence-electron chi connectivity index (χ3n) is 3.79. The Hall–Kier alpha value is -1.46. The van der Waals surface area contributed by atoms with E-state index in [0.717, 1.165) is 25.8 Å². The Bertz CT molecular complexity index is 482. The number of carbonyl (C=O) groups is 1. The van der Waals surface area contributed by atoms with Gasteiger partial charge in [-0.05, 0) is 37.5 Å². The van der Waals surface area contributed by atoms with Crippen LogP contribution in [0, 0.1) is 0 Å². The van der Waals surface area contributed by atoms with Crippen LogP contribution in [-0.4, -0.2) is 44.2 Å². The number of methoxy groups -OCH3 is 2. The molecule has 1 heterocycles. The molecule has 1 fully saturated rings. The fraction of sp³-hybridized carbons (Fsp3) is 0.533. The van der Waals surface area contributed by atoms with Crippen LogP contribution in [0.1, 0.15) is 29.6 Å². The Morgan fingerprint density at radius 3 is 2.62 bits per heavy atom. The van der Waals surface area contributed by atoms with E-state index in [1.165, 1.54) is 0 Å². The van der Waals surface area contributed by atoms with Crippen LogP contribution in [0.25, 0.3) is 0 Å². The smallest absolute Gasteiger partial charge is 0.254 e. The molecular weight excluding hydrogens is 292 g/mol. The first-order valence-electron chi connectivity index (χ1n) is 6.94. The molecule has 0 saturated carbocycles. The minimum Gasteiger partial charge on any atom is -0.493 e. The van der Waals surface area contributed by atoms with Crippen LogP contribution >= 0.6 is 12.4 Å². The van der Waals surface area contributed by atoms with E-state index in [-0.39, 0.29) is 24.4 Å². The van der Waals surface area contributed by atoms with Gasteiger partial charge in [0.15, 0.2) is 11.5 Å². The van der Waals surface area contributed by atoms with Crippen LogP contribution in [0.2, 0.25) is 0 Å². The molecule has 0 aliphatic carbocycles. The Labute approximate surface area is 131 Å². The summed E-state index contributed by atoms with van der Waals surface area (Å²) in [6.07, 6.45) is 3.16. The Morgan fingerprint density at radius 2 is 2.00 bits per heavy atom. The number of hydrogen-bond acceptors (Lipinski definition) is 4. The molecule has 1 aromatic rings. The number of rotatable bonds is 4. The van der Waals surface area contributed by atoms with Gasteiger partial charge in [-0.2, -0.15) is 0 Å². The Morgan fingerprint density at radius 1 is 1.29 bits per heavy atom. The van der Waals surface area contributed by atoms with Crippen molar-refractivity contribution in [3.05, 3.63) is 23.8 Å². The number of hydrogen-bond donors (Lipinski definition) is 1. The molecule has 1 aromatic carbocycles. The highest BCUT2D eigenvalue weighted by Gasteiger charge is 2.26. The number of ether oxygens (including phenoxy) is 2. The van der Waals surface area contributed by atoms with Crippen molar-refractivity contribution in [3.8, 4) is 11.5 Å². The number of likely N-dealkylation sites (tertiary alicyclic amines) is 1. The monoisotopic (exact) mass is 314 g/mol. The summed E-state index contributed by atoms with van der Waals surface area (Å²) in [4.78, 5) is 14.5. The summed E-state index contributed by atoms with van der Waals surface area (Å²) in [6.45, 7) is 1.29. The number of carbonyl (C=O) groups excluding carboxylic acids is 1. The average molecular weight is 315 g/mol. The van der Waals surface area contributed by atoms with Crippen molar-refractivity contribution in [1.82, 2.24) is 4.90 Å². The van der Waals surface area contributed by atoms with Gasteiger partial charge in [-0.3, -0.25) is 4.79 Å². The molecular formula is C15H23ClN2O3. The summed E-state index contributed by atoms with van der Waals surface area (Å²) in [7, 11) is 3.14. The summed E-state index contributed by atoms with van der Waals surface area (Å²) >= 11 is 0. The topological polar surface area (TPSA) is 64.8 Å². The van der Waals surface area contributed by atoms with E-state index in [1.54, 1.807) is 32.4 Å². The van der Waals surface area contributed by atoms with E-state index in [2.05, 4.69) is 0 Å². The van der Waals surface area contributed by atoms with Crippen LogP contribution in [0.15, 0.2) is 18.2 Å². The second-order valence-electron chi connectivity index (χ2n) is 4.95. The summed E-state index contributed by atoms with van der Waals surface area (Å²) in [6, 6.07) is 5.40. The molecule has 2 N–H and O–H groups in total. The van der Waals surface area contributed by atoms with Gasteiger partial charge in [0.2, 0.25) is 0 Å². The van der Waals surface area contributed by atoms with Crippen molar-refractivity contribution in [2.75, 3.05) is 27.3 Å². The van der Waals surface area contributed by atoms with Crippen molar-refractivity contribution in [1.29, 1.82) is 0 Å². The first-order chi connectivity index (χ1) is 9.71. The fourth-order valence-corrected chi connectivity index (χ4v) is 2.65. The normalized spacial score (nSPS) is 17.9. The second kappa shape index (κ2) is 8.10. The van der Waals surface area contributed by atoms with Gasteiger partial charge in [0.05, 0.1) is 14.2 Å². The molecule has 1 unspecified atom stereocenters. The molecule has 5 nitrogen and oxygen atoms in total. The highest BCUT2D eigenvalue weighted by molar-refractivity contribution is 5.95. The van der Waals surface area contributed by atoms with Crippen LogP contribution in [-0.2, 0) is 0 Å². The fourth-order valence-electron chi connectivity index (χ4n) is 2.65. The van der Waals surface area contributed by atoms with E-state index >= 15 is 0 Å². The lowest BCUT2D eigenvalue weighted by Gasteiger charge is -2.35. The van der Waals surface area contributed by atoms with Gasteiger partial charge in [-0.25, -0.2) is 0 Å². The summed E-state index contributed by atoms with van der Waals surface area (Å²) in [5, 5.41) is 0. The standard InChI is InChI=1S/C15H22N2O3.ClH/c1-19-13-7-6-11(9-14(13)20-2)15(18)17-8-4-3-5-12(17)10-16;/h6-7,9,12H,3-5,8,10,16H2,1-2H3;1H. The third kappa shape index (κ3) is 3.80. The molecule has 21 heavy (non-hydrogen) atoms. The Balaban J connectivity index is 0.00000220. The van der Waals surface area contributed by atoms with Crippen molar-refractivity contribution >= 4 is 18.3 Å². The van der Waals surface area contributed by atoms with E-state index in [4.69, 9.17) is 15.2 Å². The molecule has 1 saturated heterocycles. The largest absolute Gasteiger partial charge is 0.493 e. The quantitative estimate of drug-likeness (QED) is 0.924. The average Bonchev–Trinajstić information content (AvgIpc) is 2.53. The molecule has 0 aromatic heterocycles. The zero-order valence-electron chi connectivity index (χ0n) is 12.5. The first-order valence-corrected chi connectivity index (χ1v) is 6.94. The van der Waals surface area contributed by atoms with E-state index in [9.17, 15) is 4.79 Å². The maximum Gasteiger partial charge on any atom is 0.254 e. The number of benzene rings is 1. The summed E-state index contributed by atoms with van der Waals surface area (Å²) < 4.78 is 10.4. The van der Waals surface area contributed by atoms with E-state index in [1.807, 2.05) is 4.90 Å². The molecule has 2 rings (SSSR count). The summed E-state index contributed by atoms with van der Waals surface area (Å²) in [5.74, 6) is 1.21. The van der Waals surface area contributed by atoms with Crippen molar-refractivity contribution in [3.63, 3.8) is 0 Å². The highest BCUT2D eigenvalue weighted by atomic mass is 35.5. The minimum atomic E-state index is 0. The first kappa shape index (κ1) is 17.6. The van der Waals surface area contributed by atoms with Crippen LogP contribution in [0.5, 0.6) is 11.5 Å². The Kier molecular flexibility index (Phi) is 6.78. The van der Waals surface area contributed by atoms with Gasteiger partial charge < -0.3 is 20.1 Å². The molecule has 1 aliphatic heterocycles. The van der Waals surface area contributed by atoms with Gasteiger partial charge in [0, 0.05) is 24.7 Å². The molecule has 0 spiro atoms. The van der Waals surface area contributed by atoms with E-state index < -0.39 is 0 Å². The number of nitrogens with zero attached hydrogens (tertiary/aromatic N) is 1. The van der Waals surface area contributed by atoms with Crippen molar-refractivity contribution in [2.24, 2.45) is 5.73 Å². The molecule has 0 bridgehead atoms. The van der Waals surface area contributed by atoms with Gasteiger partial charge in [-0.15, -0.1) is 12.4 Å². The molecule has 6 heteroatoms. The zero-order chi connectivity index (χ0) is 14.5. The lowest BCUT2D eigenvalue weighted by Crippen LogP contribution is -2.47. The molecule has 1 amide bonds. The summed E-state index contributed by atoms with van der Waals surface area (Å²) in [5.41, 5.74) is 6.39. The highest BCUT2D eigenvalue weighted by Crippen LogP contribution is 2.29. The van der Waals surface area contributed by atoms with Gasteiger partial charge in [0.25, 0.3) is 5.91 Å². The van der Waals surface area contributed by atoms with Crippen molar-refractivity contribution in [2.45, 2.75) is 25.3 Å². The lowest BCUT2D eigenvalue weighted by molar-refractivity contribution is 0.0623. The zero-order valence-corrected chi connectivity index (χ0v) is 13.3.